The highest BCUT2D eigenvalue weighted by Gasteiger charge is 2.34. The van der Waals surface area contributed by atoms with Gasteiger partial charge in [-0.3, -0.25) is 4.79 Å². The second-order valence-corrected chi connectivity index (χ2v) is 6.54. The van der Waals surface area contributed by atoms with Gasteiger partial charge in [-0.15, -0.1) is 24.0 Å². The number of halogens is 1. The molecule has 1 aliphatic carbocycles. The Morgan fingerprint density at radius 2 is 2.00 bits per heavy atom. The maximum atomic E-state index is 11.7. The highest BCUT2D eigenvalue weighted by molar-refractivity contribution is 14.0. The van der Waals surface area contributed by atoms with Gasteiger partial charge in [0.2, 0.25) is 0 Å². The van der Waals surface area contributed by atoms with Crippen LogP contribution >= 0.6 is 24.0 Å². The summed E-state index contributed by atoms with van der Waals surface area (Å²) in [6, 6.07) is 7.61. The Morgan fingerprint density at radius 1 is 1.24 bits per heavy atom. The standard InChI is InChI=1S/C19H30N4O.HI/c1-4-19(10-7-11-19)14-23-18(21-5-2)22-13-15-8-6-9-16(12-15)17(24)20-3;/h6,8-9,12H,4-5,7,10-11,13-14H2,1-3H3,(H,20,24)(H2,21,22,23);1H. The van der Waals surface area contributed by atoms with Crippen LogP contribution in [0.25, 0.3) is 0 Å². The van der Waals surface area contributed by atoms with Crippen LogP contribution in [0.3, 0.4) is 0 Å². The molecule has 0 aliphatic heterocycles. The Kier molecular flexibility index (Phi) is 9.24. The highest BCUT2D eigenvalue weighted by Crippen LogP contribution is 2.42. The summed E-state index contributed by atoms with van der Waals surface area (Å²) in [4.78, 5) is 16.4. The van der Waals surface area contributed by atoms with Gasteiger partial charge in [0.1, 0.15) is 0 Å². The predicted molar refractivity (Wildman–Crippen MR) is 115 cm³/mol. The zero-order valence-electron chi connectivity index (χ0n) is 15.5. The first-order valence-corrected chi connectivity index (χ1v) is 8.95. The number of rotatable bonds is 7. The van der Waals surface area contributed by atoms with Crippen LogP contribution in [0.1, 0.15) is 55.5 Å². The molecule has 0 spiro atoms. The molecule has 0 heterocycles. The molecule has 1 saturated carbocycles. The first kappa shape index (κ1) is 21.7. The minimum absolute atomic E-state index is 0. The van der Waals surface area contributed by atoms with E-state index in [0.29, 0.717) is 17.5 Å². The molecule has 0 unspecified atom stereocenters. The van der Waals surface area contributed by atoms with Crippen LogP contribution < -0.4 is 16.0 Å². The number of aliphatic imine (C=N–C) groups is 1. The van der Waals surface area contributed by atoms with Crippen molar-refractivity contribution >= 4 is 35.8 Å². The van der Waals surface area contributed by atoms with E-state index in [-0.39, 0.29) is 29.9 Å². The molecule has 1 amide bonds. The average Bonchev–Trinajstić information content (AvgIpc) is 2.58. The van der Waals surface area contributed by atoms with Crippen LogP contribution in [0.5, 0.6) is 0 Å². The van der Waals surface area contributed by atoms with Gasteiger partial charge in [-0.25, -0.2) is 4.99 Å². The predicted octanol–water partition coefficient (Wildman–Crippen LogP) is 3.30. The van der Waals surface area contributed by atoms with Crippen LogP contribution in [0.4, 0.5) is 0 Å². The molecule has 0 atom stereocenters. The van der Waals surface area contributed by atoms with E-state index in [2.05, 4.69) is 34.8 Å². The summed E-state index contributed by atoms with van der Waals surface area (Å²) in [6.07, 6.45) is 5.18. The number of nitrogens with zero attached hydrogens (tertiary/aromatic N) is 1. The molecular weight excluding hydrogens is 427 g/mol. The van der Waals surface area contributed by atoms with E-state index in [9.17, 15) is 4.79 Å². The Labute approximate surface area is 168 Å². The number of hydrogen-bond donors (Lipinski definition) is 3. The molecule has 5 nitrogen and oxygen atoms in total. The van der Waals surface area contributed by atoms with Crippen LogP contribution in [-0.2, 0) is 6.54 Å². The summed E-state index contributed by atoms with van der Waals surface area (Å²) in [5.41, 5.74) is 2.15. The fourth-order valence-electron chi connectivity index (χ4n) is 3.07. The quantitative estimate of drug-likeness (QED) is 0.334. The molecule has 3 N–H and O–H groups in total. The first-order valence-electron chi connectivity index (χ1n) is 8.95. The number of carbonyl (C=O) groups excluding carboxylic acids is 1. The van der Waals surface area contributed by atoms with E-state index in [1.807, 2.05) is 24.3 Å². The lowest BCUT2D eigenvalue weighted by molar-refractivity contribution is 0.0963. The van der Waals surface area contributed by atoms with Gasteiger partial charge in [0.25, 0.3) is 5.91 Å². The van der Waals surface area contributed by atoms with Crippen molar-refractivity contribution in [1.29, 1.82) is 0 Å². The maximum Gasteiger partial charge on any atom is 0.251 e. The molecule has 140 valence electrons. The number of hydrogen-bond acceptors (Lipinski definition) is 2. The Hall–Kier alpha value is -1.31. The third-order valence-electron chi connectivity index (χ3n) is 4.98. The average molecular weight is 458 g/mol. The highest BCUT2D eigenvalue weighted by atomic mass is 127. The van der Waals surface area contributed by atoms with E-state index in [1.165, 1.54) is 25.7 Å². The zero-order valence-corrected chi connectivity index (χ0v) is 17.9. The first-order chi connectivity index (χ1) is 11.6. The van der Waals surface area contributed by atoms with Gasteiger partial charge in [-0.1, -0.05) is 25.5 Å². The molecule has 1 aromatic carbocycles. The number of benzene rings is 1. The van der Waals surface area contributed by atoms with Crippen LogP contribution in [0.2, 0.25) is 0 Å². The third-order valence-corrected chi connectivity index (χ3v) is 4.98. The summed E-state index contributed by atoms with van der Waals surface area (Å²) in [7, 11) is 1.64. The van der Waals surface area contributed by atoms with Crippen molar-refractivity contribution in [1.82, 2.24) is 16.0 Å². The van der Waals surface area contributed by atoms with Crippen molar-refractivity contribution in [3.63, 3.8) is 0 Å². The number of guanidine groups is 1. The van der Waals surface area contributed by atoms with Crippen LogP contribution in [0.15, 0.2) is 29.3 Å². The maximum absolute atomic E-state index is 11.7. The van der Waals surface area contributed by atoms with E-state index in [1.54, 1.807) is 7.05 Å². The third kappa shape index (κ3) is 6.17. The lowest BCUT2D eigenvalue weighted by Crippen LogP contribution is -2.46. The summed E-state index contributed by atoms with van der Waals surface area (Å²) in [5.74, 6) is 0.781. The molecule has 1 aromatic rings. The van der Waals surface area contributed by atoms with Gasteiger partial charge >= 0.3 is 0 Å². The minimum atomic E-state index is -0.0688. The van der Waals surface area contributed by atoms with Crippen molar-refractivity contribution in [2.24, 2.45) is 10.4 Å². The zero-order chi connectivity index (χ0) is 17.4. The Morgan fingerprint density at radius 3 is 2.56 bits per heavy atom. The van der Waals surface area contributed by atoms with Gasteiger partial charge in [-0.05, 0) is 49.3 Å². The van der Waals surface area contributed by atoms with Crippen molar-refractivity contribution in [2.45, 2.75) is 46.1 Å². The van der Waals surface area contributed by atoms with E-state index in [0.717, 1.165) is 24.6 Å². The van der Waals surface area contributed by atoms with Gasteiger partial charge in [0, 0.05) is 25.7 Å². The Bertz CT molecular complexity index is 579. The molecule has 1 fully saturated rings. The summed E-state index contributed by atoms with van der Waals surface area (Å²) < 4.78 is 0. The van der Waals surface area contributed by atoms with Gasteiger partial charge < -0.3 is 16.0 Å². The largest absolute Gasteiger partial charge is 0.357 e. The van der Waals surface area contributed by atoms with Crippen LogP contribution in [-0.4, -0.2) is 32.0 Å². The van der Waals surface area contributed by atoms with Crippen LogP contribution in [0, 0.1) is 5.41 Å². The van der Waals surface area contributed by atoms with E-state index < -0.39 is 0 Å². The molecule has 0 saturated heterocycles. The van der Waals surface area contributed by atoms with Gasteiger partial charge in [-0.2, -0.15) is 0 Å². The number of amides is 1. The lowest BCUT2D eigenvalue weighted by atomic mass is 9.67. The van der Waals surface area contributed by atoms with Crippen molar-refractivity contribution in [2.75, 3.05) is 20.1 Å². The van der Waals surface area contributed by atoms with Crippen molar-refractivity contribution < 1.29 is 4.79 Å². The van der Waals surface area contributed by atoms with Gasteiger partial charge in [0.15, 0.2) is 5.96 Å². The summed E-state index contributed by atoms with van der Waals surface area (Å²) >= 11 is 0. The fraction of sp³-hybridized carbons (Fsp3) is 0.579. The molecule has 0 radical (unpaired) electrons. The molecule has 25 heavy (non-hydrogen) atoms. The van der Waals surface area contributed by atoms with Crippen molar-refractivity contribution in [3.05, 3.63) is 35.4 Å². The molecule has 2 rings (SSSR count). The van der Waals surface area contributed by atoms with Gasteiger partial charge in [0.05, 0.1) is 6.54 Å². The molecule has 0 aromatic heterocycles. The Balaban J connectivity index is 0.00000312. The topological polar surface area (TPSA) is 65.5 Å². The summed E-state index contributed by atoms with van der Waals surface area (Å²) in [6.45, 7) is 6.72. The number of carbonyl (C=O) groups is 1. The van der Waals surface area contributed by atoms with Crippen molar-refractivity contribution in [3.8, 4) is 0 Å². The molecule has 6 heteroatoms. The minimum Gasteiger partial charge on any atom is -0.357 e. The second kappa shape index (κ2) is 10.6. The molecule has 0 bridgehead atoms. The number of nitrogens with one attached hydrogen (secondary N) is 3. The monoisotopic (exact) mass is 458 g/mol. The van der Waals surface area contributed by atoms with E-state index in [4.69, 9.17) is 0 Å². The lowest BCUT2D eigenvalue weighted by Gasteiger charge is -2.41. The second-order valence-electron chi connectivity index (χ2n) is 6.54. The fourth-order valence-corrected chi connectivity index (χ4v) is 3.07. The summed E-state index contributed by atoms with van der Waals surface area (Å²) in [5, 5.41) is 9.45. The SMILES string of the molecule is CCNC(=NCc1cccc(C(=O)NC)c1)NCC1(CC)CCC1.I. The van der Waals surface area contributed by atoms with E-state index >= 15 is 0 Å². The molecule has 1 aliphatic rings. The molecular formula is C19H31IN4O. The normalized spacial score (nSPS) is 15.6. The smallest absolute Gasteiger partial charge is 0.251 e.